The van der Waals surface area contributed by atoms with E-state index < -0.39 is 11.9 Å². The molecule has 2 aromatic rings. The molecule has 2 aliphatic heterocycles. The zero-order valence-electron chi connectivity index (χ0n) is 12.7. The minimum absolute atomic E-state index is 0.122. The zero-order chi connectivity index (χ0) is 16.8. The largest absolute Gasteiger partial charge is 0.433 e. The van der Waals surface area contributed by atoms with Crippen LogP contribution >= 0.6 is 0 Å². The van der Waals surface area contributed by atoms with Crippen molar-refractivity contribution in [1.29, 1.82) is 0 Å². The Morgan fingerprint density at radius 3 is 2.54 bits per heavy atom. The van der Waals surface area contributed by atoms with Gasteiger partial charge in [-0.2, -0.15) is 13.2 Å². The molecule has 126 valence electrons. The van der Waals surface area contributed by atoms with Crippen molar-refractivity contribution in [2.75, 3.05) is 18.5 Å². The summed E-state index contributed by atoms with van der Waals surface area (Å²) >= 11 is 0. The summed E-state index contributed by atoms with van der Waals surface area (Å²) in [7, 11) is 0. The van der Waals surface area contributed by atoms with E-state index in [2.05, 4.69) is 15.6 Å². The third-order valence-electron chi connectivity index (χ3n) is 4.59. The van der Waals surface area contributed by atoms with E-state index >= 15 is 0 Å². The Morgan fingerprint density at radius 1 is 1.17 bits per heavy atom. The second-order valence-electron chi connectivity index (χ2n) is 6.23. The van der Waals surface area contributed by atoms with E-state index in [1.54, 1.807) is 0 Å². The van der Waals surface area contributed by atoms with E-state index in [-0.39, 0.29) is 11.6 Å². The molecular formula is C17H16F3N3O. The number of benzene rings is 1. The first kappa shape index (κ1) is 15.4. The highest BCUT2D eigenvalue weighted by Crippen LogP contribution is 2.39. The van der Waals surface area contributed by atoms with Gasteiger partial charge in [0, 0.05) is 24.1 Å². The molecule has 0 saturated carbocycles. The van der Waals surface area contributed by atoms with Crippen molar-refractivity contribution < 1.29 is 17.9 Å². The Kier molecular flexibility index (Phi) is 3.51. The van der Waals surface area contributed by atoms with Gasteiger partial charge >= 0.3 is 6.18 Å². The van der Waals surface area contributed by atoms with Gasteiger partial charge in [0.15, 0.2) is 0 Å². The molecule has 7 heteroatoms. The van der Waals surface area contributed by atoms with Crippen LogP contribution in [0, 0.1) is 0 Å². The summed E-state index contributed by atoms with van der Waals surface area (Å²) in [6.45, 7) is 1.51. The van der Waals surface area contributed by atoms with Gasteiger partial charge in [-0.3, -0.25) is 4.98 Å². The fourth-order valence-corrected chi connectivity index (χ4v) is 3.34. The lowest BCUT2D eigenvalue weighted by atomic mass is 9.90. The van der Waals surface area contributed by atoms with Gasteiger partial charge in [-0.15, -0.1) is 0 Å². The minimum atomic E-state index is -4.45. The summed E-state index contributed by atoms with van der Waals surface area (Å²) in [4.78, 5) is 3.36. The number of morpholine rings is 1. The average Bonchev–Trinajstić information content (AvgIpc) is 3.17. The molecule has 2 aliphatic rings. The van der Waals surface area contributed by atoms with E-state index in [1.807, 2.05) is 24.3 Å². The first-order valence-corrected chi connectivity index (χ1v) is 7.72. The number of anilines is 2. The fourth-order valence-electron chi connectivity index (χ4n) is 3.34. The number of rotatable bonds is 3. The molecule has 24 heavy (non-hydrogen) atoms. The van der Waals surface area contributed by atoms with Gasteiger partial charge in [0.2, 0.25) is 0 Å². The molecule has 0 spiro atoms. The van der Waals surface area contributed by atoms with Crippen molar-refractivity contribution in [3.05, 3.63) is 53.9 Å². The lowest BCUT2D eigenvalue weighted by Crippen LogP contribution is -2.42. The maximum absolute atomic E-state index is 12.7. The van der Waals surface area contributed by atoms with E-state index in [0.717, 1.165) is 36.5 Å². The van der Waals surface area contributed by atoms with Crippen LogP contribution in [0.4, 0.5) is 24.5 Å². The first-order valence-electron chi connectivity index (χ1n) is 7.72. The molecule has 0 radical (unpaired) electrons. The van der Waals surface area contributed by atoms with E-state index in [9.17, 15) is 13.2 Å². The quantitative estimate of drug-likeness (QED) is 0.902. The number of pyridine rings is 1. The third-order valence-corrected chi connectivity index (χ3v) is 4.59. The fraction of sp³-hybridized carbons (Fsp3) is 0.353. The van der Waals surface area contributed by atoms with Gasteiger partial charge in [-0.1, -0.05) is 12.1 Å². The summed E-state index contributed by atoms with van der Waals surface area (Å²) in [5.41, 5.74) is 1.18. The summed E-state index contributed by atoms with van der Waals surface area (Å²) in [5, 5.41) is 6.48. The van der Waals surface area contributed by atoms with Gasteiger partial charge in [0.05, 0.1) is 18.2 Å². The lowest BCUT2D eigenvalue weighted by molar-refractivity contribution is -0.141. The van der Waals surface area contributed by atoms with Gasteiger partial charge < -0.3 is 15.4 Å². The van der Waals surface area contributed by atoms with Crippen LogP contribution < -0.4 is 10.6 Å². The zero-order valence-corrected chi connectivity index (χ0v) is 12.7. The van der Waals surface area contributed by atoms with Crippen molar-refractivity contribution in [2.24, 2.45) is 0 Å². The number of hydrogen-bond donors (Lipinski definition) is 2. The number of nitrogens with one attached hydrogen (secondary N) is 2. The Bertz CT molecular complexity index is 737. The molecule has 2 N–H and O–H groups in total. The van der Waals surface area contributed by atoms with Crippen molar-refractivity contribution >= 4 is 11.4 Å². The SMILES string of the molecule is FC(F)(F)c1cc(Nc2ccc([C@]34CO[C@H](CN3)C4)cc2)ccn1. The van der Waals surface area contributed by atoms with Crippen LogP contribution in [0.1, 0.15) is 17.7 Å². The van der Waals surface area contributed by atoms with Crippen LogP contribution in [-0.4, -0.2) is 24.2 Å². The van der Waals surface area contributed by atoms with Gasteiger partial charge in [0.25, 0.3) is 0 Å². The van der Waals surface area contributed by atoms with E-state index in [4.69, 9.17) is 4.74 Å². The van der Waals surface area contributed by atoms with Crippen LogP contribution in [0.3, 0.4) is 0 Å². The highest BCUT2D eigenvalue weighted by Gasteiger charge is 2.46. The molecular weight excluding hydrogens is 319 g/mol. The highest BCUT2D eigenvalue weighted by atomic mass is 19.4. The second kappa shape index (κ2) is 5.46. The number of hydrogen-bond acceptors (Lipinski definition) is 4. The number of halogens is 3. The molecule has 0 unspecified atom stereocenters. The Morgan fingerprint density at radius 2 is 1.96 bits per heavy atom. The standard InChI is InChI=1S/C17H16F3N3O/c18-17(19,20)15-7-13(5-6-21-15)23-12-3-1-11(2-4-12)16-8-14(9-22-16)24-10-16/h1-7,14,22H,8-10H2,(H,21,23)/t14-,16-/m0/s1. The molecule has 2 fully saturated rings. The molecule has 2 saturated heterocycles. The number of ether oxygens (including phenoxy) is 1. The van der Waals surface area contributed by atoms with Crippen molar-refractivity contribution in [3.63, 3.8) is 0 Å². The lowest BCUT2D eigenvalue weighted by Gasteiger charge is -2.27. The van der Waals surface area contributed by atoms with Gasteiger partial charge in [-0.05, 0) is 36.2 Å². The van der Waals surface area contributed by atoms with Crippen molar-refractivity contribution in [2.45, 2.75) is 24.2 Å². The predicted octanol–water partition coefficient (Wildman–Crippen LogP) is 3.43. The summed E-state index contributed by atoms with van der Waals surface area (Å²) in [6, 6.07) is 10.2. The Labute approximate surface area is 137 Å². The van der Waals surface area contributed by atoms with Crippen LogP contribution in [0.15, 0.2) is 42.6 Å². The second-order valence-corrected chi connectivity index (χ2v) is 6.23. The molecule has 1 aromatic heterocycles. The van der Waals surface area contributed by atoms with E-state index in [0.29, 0.717) is 12.3 Å². The summed E-state index contributed by atoms with van der Waals surface area (Å²) < 4.78 is 43.8. The minimum Gasteiger partial charge on any atom is -0.375 e. The van der Waals surface area contributed by atoms with Gasteiger partial charge in [0.1, 0.15) is 5.69 Å². The molecule has 2 atom stereocenters. The highest BCUT2D eigenvalue weighted by molar-refractivity contribution is 5.60. The number of aromatic nitrogens is 1. The van der Waals surface area contributed by atoms with Crippen LogP contribution in [0.25, 0.3) is 0 Å². The van der Waals surface area contributed by atoms with Crippen LogP contribution in [0.5, 0.6) is 0 Å². The normalized spacial score (nSPS) is 25.9. The molecule has 4 nitrogen and oxygen atoms in total. The third kappa shape index (κ3) is 2.74. The molecule has 0 amide bonds. The maximum Gasteiger partial charge on any atom is 0.433 e. The van der Waals surface area contributed by atoms with Crippen LogP contribution in [-0.2, 0) is 16.5 Å². The molecule has 1 aromatic carbocycles. The Balaban J connectivity index is 1.52. The maximum atomic E-state index is 12.7. The number of nitrogens with zero attached hydrogens (tertiary/aromatic N) is 1. The van der Waals surface area contributed by atoms with Crippen molar-refractivity contribution in [3.8, 4) is 0 Å². The average molecular weight is 335 g/mol. The Hall–Kier alpha value is -2.12. The molecule has 4 rings (SSSR count). The van der Waals surface area contributed by atoms with Gasteiger partial charge in [-0.25, -0.2) is 0 Å². The number of fused-ring (bicyclic) bond motifs is 2. The van der Waals surface area contributed by atoms with Crippen LogP contribution in [0.2, 0.25) is 0 Å². The predicted molar refractivity (Wildman–Crippen MR) is 83.0 cm³/mol. The first-order chi connectivity index (χ1) is 11.4. The monoisotopic (exact) mass is 335 g/mol. The molecule has 0 aliphatic carbocycles. The number of alkyl halides is 3. The molecule has 2 bridgehead atoms. The summed E-state index contributed by atoms with van der Waals surface area (Å²) in [6.07, 6.45) is -2.07. The molecule has 3 heterocycles. The smallest absolute Gasteiger partial charge is 0.375 e. The van der Waals surface area contributed by atoms with E-state index in [1.165, 1.54) is 6.07 Å². The topological polar surface area (TPSA) is 46.2 Å². The van der Waals surface area contributed by atoms with Crippen molar-refractivity contribution in [1.82, 2.24) is 10.3 Å². The summed E-state index contributed by atoms with van der Waals surface area (Å²) in [5.74, 6) is 0.